The number of halogens is 2. The highest BCUT2D eigenvalue weighted by atomic mass is 35.5. The molecule has 0 bridgehead atoms. The Morgan fingerprint density at radius 1 is 1.03 bits per heavy atom. The minimum atomic E-state index is -1.12. The lowest BCUT2D eigenvalue weighted by Crippen LogP contribution is -2.39. The van der Waals surface area contributed by atoms with Gasteiger partial charge in [-0.2, -0.15) is 0 Å². The molecule has 1 amide bonds. The molecule has 12 heteroatoms. The van der Waals surface area contributed by atoms with Crippen LogP contribution in [0.15, 0.2) is 46.2 Å². The van der Waals surface area contributed by atoms with Crippen LogP contribution in [0.3, 0.4) is 0 Å². The van der Waals surface area contributed by atoms with E-state index in [4.69, 9.17) is 27.9 Å². The van der Waals surface area contributed by atoms with E-state index in [-0.39, 0.29) is 39.1 Å². The summed E-state index contributed by atoms with van der Waals surface area (Å²) in [7, 11) is 1.50. The Bertz CT molecular complexity index is 1250. The van der Waals surface area contributed by atoms with Crippen molar-refractivity contribution in [2.24, 2.45) is 0 Å². The molecule has 1 unspecified atom stereocenters. The zero-order valence-corrected chi connectivity index (χ0v) is 19.4. The molecule has 34 heavy (non-hydrogen) atoms. The second kappa shape index (κ2) is 11.1. The van der Waals surface area contributed by atoms with Gasteiger partial charge in [-0.3, -0.25) is 24.2 Å². The molecule has 1 aromatic heterocycles. The third-order valence-corrected chi connectivity index (χ3v) is 5.46. The number of hydrogen-bond donors (Lipinski definition) is 4. The number of aliphatic carboxylic acids is 1. The number of benzene rings is 1. The van der Waals surface area contributed by atoms with E-state index in [1.54, 1.807) is 12.1 Å². The fourth-order valence-electron chi connectivity index (χ4n) is 3.16. The number of anilines is 3. The highest BCUT2D eigenvalue weighted by molar-refractivity contribution is 6.39. The lowest BCUT2D eigenvalue weighted by Gasteiger charge is -2.22. The van der Waals surface area contributed by atoms with Gasteiger partial charge in [-0.05, 0) is 17.7 Å². The number of aromatic nitrogens is 1. The van der Waals surface area contributed by atoms with Crippen molar-refractivity contribution in [3.05, 3.63) is 78.3 Å². The number of carbonyl (C=O) groups is 2. The third-order valence-electron chi connectivity index (χ3n) is 4.88. The summed E-state index contributed by atoms with van der Waals surface area (Å²) < 4.78 is 4.91. The molecule has 3 rings (SSSR count). The lowest BCUT2D eigenvalue weighted by atomic mass is 10.0. The first kappa shape index (κ1) is 25.2. The van der Waals surface area contributed by atoms with E-state index in [0.717, 1.165) is 0 Å². The van der Waals surface area contributed by atoms with Crippen LogP contribution in [0.2, 0.25) is 10.0 Å². The van der Waals surface area contributed by atoms with Crippen LogP contribution in [0.5, 0.6) is 0 Å². The zero-order chi connectivity index (χ0) is 24.8. The summed E-state index contributed by atoms with van der Waals surface area (Å²) in [6.07, 6.45) is 2.31. The summed E-state index contributed by atoms with van der Waals surface area (Å²) in [5.74, 6) is -1.61. The van der Waals surface area contributed by atoms with Crippen molar-refractivity contribution >= 4 is 52.1 Å². The van der Waals surface area contributed by atoms with Crippen LogP contribution in [0.4, 0.5) is 17.1 Å². The van der Waals surface area contributed by atoms with E-state index in [1.165, 1.54) is 31.6 Å². The van der Waals surface area contributed by atoms with Crippen molar-refractivity contribution in [3.8, 4) is 0 Å². The average Bonchev–Trinajstić information content (AvgIpc) is 2.82. The predicted molar refractivity (Wildman–Crippen MR) is 129 cm³/mol. The van der Waals surface area contributed by atoms with Crippen LogP contribution >= 0.6 is 23.2 Å². The number of pyridine rings is 1. The van der Waals surface area contributed by atoms with Gasteiger partial charge in [-0.1, -0.05) is 35.3 Å². The monoisotopic (exact) mass is 506 g/mol. The largest absolute Gasteiger partial charge is 0.481 e. The number of ether oxygens (including phenoxy) is 1. The highest BCUT2D eigenvalue weighted by Crippen LogP contribution is 2.29. The SMILES string of the molecule is COCCNc1c(NC(CC(=O)O)c2ccc(C(=O)Nc3c(Cl)cncc3Cl)cc2)c(=O)c1=O. The quantitative estimate of drug-likeness (QED) is 0.227. The number of hydrogen-bond acceptors (Lipinski definition) is 8. The van der Waals surface area contributed by atoms with E-state index in [1.807, 2.05) is 0 Å². The Hall–Kier alpha value is -3.47. The smallest absolute Gasteiger partial charge is 0.305 e. The van der Waals surface area contributed by atoms with E-state index in [9.17, 15) is 24.3 Å². The van der Waals surface area contributed by atoms with Gasteiger partial charge >= 0.3 is 5.97 Å². The maximum absolute atomic E-state index is 12.6. The number of carboxylic acid groups (broad SMARTS) is 1. The van der Waals surface area contributed by atoms with Gasteiger partial charge in [0.15, 0.2) is 0 Å². The van der Waals surface area contributed by atoms with Gasteiger partial charge in [-0.25, -0.2) is 0 Å². The molecule has 1 heterocycles. The molecule has 0 fully saturated rings. The number of nitrogens with zero attached hydrogens (tertiary/aromatic N) is 1. The first-order chi connectivity index (χ1) is 16.2. The molecule has 4 N–H and O–H groups in total. The summed E-state index contributed by atoms with van der Waals surface area (Å²) in [5, 5.41) is 17.9. The third kappa shape index (κ3) is 5.71. The van der Waals surface area contributed by atoms with E-state index in [0.29, 0.717) is 18.7 Å². The van der Waals surface area contributed by atoms with Crippen molar-refractivity contribution in [3.63, 3.8) is 0 Å². The van der Waals surface area contributed by atoms with Gasteiger partial charge in [0.2, 0.25) is 0 Å². The van der Waals surface area contributed by atoms with Crippen molar-refractivity contribution in [1.82, 2.24) is 4.98 Å². The number of carbonyl (C=O) groups excluding carboxylic acids is 1. The lowest BCUT2D eigenvalue weighted by molar-refractivity contribution is -0.137. The first-order valence-electron chi connectivity index (χ1n) is 9.97. The molecule has 0 saturated carbocycles. The minimum Gasteiger partial charge on any atom is -0.481 e. The van der Waals surface area contributed by atoms with Crippen LogP contribution in [0, 0.1) is 0 Å². The van der Waals surface area contributed by atoms with Gasteiger partial charge in [0.25, 0.3) is 16.8 Å². The molecule has 10 nitrogen and oxygen atoms in total. The Kier molecular flexibility index (Phi) is 8.21. The summed E-state index contributed by atoms with van der Waals surface area (Å²) in [4.78, 5) is 51.8. The van der Waals surface area contributed by atoms with Gasteiger partial charge in [0.05, 0.1) is 34.8 Å². The number of amides is 1. The highest BCUT2D eigenvalue weighted by Gasteiger charge is 2.25. The summed E-state index contributed by atoms with van der Waals surface area (Å²) in [6.45, 7) is 0.616. The van der Waals surface area contributed by atoms with Crippen LogP contribution in [0.25, 0.3) is 0 Å². The number of rotatable bonds is 11. The molecule has 0 aliphatic carbocycles. The van der Waals surface area contributed by atoms with Gasteiger partial charge in [-0.15, -0.1) is 0 Å². The molecular weight excluding hydrogens is 487 g/mol. The summed E-state index contributed by atoms with van der Waals surface area (Å²) in [6, 6.07) is 5.25. The minimum absolute atomic E-state index is 0.0103. The fourth-order valence-corrected chi connectivity index (χ4v) is 3.62. The Morgan fingerprint density at radius 2 is 1.65 bits per heavy atom. The van der Waals surface area contributed by atoms with Crippen molar-refractivity contribution in [1.29, 1.82) is 0 Å². The molecule has 0 radical (unpaired) electrons. The molecule has 0 spiro atoms. The second-order valence-electron chi connectivity index (χ2n) is 7.18. The van der Waals surface area contributed by atoms with Gasteiger partial charge in [0, 0.05) is 31.6 Å². The molecule has 1 atom stereocenters. The van der Waals surface area contributed by atoms with E-state index >= 15 is 0 Å². The van der Waals surface area contributed by atoms with Gasteiger partial charge in [0.1, 0.15) is 11.4 Å². The van der Waals surface area contributed by atoms with Crippen LogP contribution in [0.1, 0.15) is 28.4 Å². The molecular formula is C22H20Cl2N4O6. The second-order valence-corrected chi connectivity index (χ2v) is 7.99. The maximum Gasteiger partial charge on any atom is 0.305 e. The normalized spacial score (nSPS) is 11.7. The average molecular weight is 507 g/mol. The van der Waals surface area contributed by atoms with Crippen LogP contribution < -0.4 is 26.8 Å². The summed E-state index contributed by atoms with van der Waals surface area (Å²) in [5.41, 5.74) is -0.361. The molecule has 178 valence electrons. The Labute approximate surface area is 203 Å². The Balaban J connectivity index is 1.79. The van der Waals surface area contributed by atoms with E-state index in [2.05, 4.69) is 20.9 Å². The molecule has 0 aliphatic rings. The number of methoxy groups -OCH3 is 1. The molecule has 2 aromatic carbocycles. The van der Waals surface area contributed by atoms with Crippen molar-refractivity contribution in [2.75, 3.05) is 36.2 Å². The van der Waals surface area contributed by atoms with Crippen LogP contribution in [-0.4, -0.2) is 42.2 Å². The van der Waals surface area contributed by atoms with Gasteiger partial charge < -0.3 is 25.8 Å². The zero-order valence-electron chi connectivity index (χ0n) is 17.9. The topological polar surface area (TPSA) is 147 Å². The maximum atomic E-state index is 12.6. The number of nitrogens with one attached hydrogen (secondary N) is 3. The predicted octanol–water partition coefficient (Wildman–Crippen LogP) is 2.92. The Morgan fingerprint density at radius 3 is 2.24 bits per heavy atom. The van der Waals surface area contributed by atoms with Crippen LogP contribution in [-0.2, 0) is 9.53 Å². The first-order valence-corrected chi connectivity index (χ1v) is 10.7. The fraction of sp³-hybridized carbons (Fsp3) is 0.227. The van der Waals surface area contributed by atoms with Crippen molar-refractivity contribution < 1.29 is 19.4 Å². The molecule has 0 saturated heterocycles. The van der Waals surface area contributed by atoms with E-state index < -0.39 is 28.8 Å². The van der Waals surface area contributed by atoms with Crippen molar-refractivity contribution in [2.45, 2.75) is 12.5 Å². The number of carboxylic acids is 1. The molecule has 0 aliphatic heterocycles. The standard InChI is InChI=1S/C22H20Cl2N4O6/c1-34-7-6-26-18-19(21(32)20(18)31)27-15(8-16(29)30)11-2-4-12(5-3-11)22(33)28-17-13(23)9-25-10-14(17)24/h2-5,9-10,15,26-27H,6-8H2,1H3,(H,29,30)(H,25,28,33). The summed E-state index contributed by atoms with van der Waals surface area (Å²) >= 11 is 12.0. The molecule has 3 aromatic rings.